The molecule has 1 amide bonds. The summed E-state index contributed by atoms with van der Waals surface area (Å²) < 4.78 is 1.72. The Morgan fingerprint density at radius 3 is 2.86 bits per heavy atom. The van der Waals surface area contributed by atoms with Crippen LogP contribution < -0.4 is 5.32 Å². The highest BCUT2D eigenvalue weighted by atomic mass is 32.1. The molecule has 3 aromatic rings. The lowest BCUT2D eigenvalue weighted by Gasteiger charge is -2.14. The van der Waals surface area contributed by atoms with Crippen LogP contribution in [0.5, 0.6) is 0 Å². The molecule has 0 radical (unpaired) electrons. The van der Waals surface area contributed by atoms with E-state index in [1.54, 1.807) is 34.2 Å². The smallest absolute Gasteiger partial charge is 0.271 e. The topological polar surface area (TPSA) is 72.2 Å². The van der Waals surface area contributed by atoms with Crippen LogP contribution in [0.25, 0.3) is 5.78 Å². The summed E-state index contributed by atoms with van der Waals surface area (Å²) in [5.74, 6) is 0.287. The van der Waals surface area contributed by atoms with Gasteiger partial charge in [0, 0.05) is 29.4 Å². The molecule has 114 valence electrons. The van der Waals surface area contributed by atoms with Crippen molar-refractivity contribution < 1.29 is 4.79 Å². The summed E-state index contributed by atoms with van der Waals surface area (Å²) in [5.41, 5.74) is 1.41. The Morgan fingerprint density at radius 2 is 2.18 bits per heavy atom. The minimum Gasteiger partial charge on any atom is -0.344 e. The standard InChI is InChI=1S/C15H17N5OS/c1-15(2,3)11-9-22-12(19-11)7-17-13(21)10-8-20-6-4-5-16-14(20)18-10/h4-6,8-9H,7H2,1-3H3,(H,17,21). The van der Waals surface area contributed by atoms with E-state index in [2.05, 4.69) is 41.0 Å². The minimum absolute atomic E-state index is 0.0199. The summed E-state index contributed by atoms with van der Waals surface area (Å²) >= 11 is 1.55. The Balaban J connectivity index is 1.68. The SMILES string of the molecule is CC(C)(C)c1csc(CNC(=O)c2cn3cccnc3n2)n1. The van der Waals surface area contributed by atoms with Crippen LogP contribution in [0.15, 0.2) is 30.0 Å². The van der Waals surface area contributed by atoms with Crippen LogP contribution in [0.2, 0.25) is 0 Å². The molecule has 0 bridgehead atoms. The second-order valence-corrected chi connectivity index (χ2v) is 6.95. The number of rotatable bonds is 3. The van der Waals surface area contributed by atoms with Gasteiger partial charge in [-0.2, -0.15) is 0 Å². The molecule has 0 fully saturated rings. The Kier molecular flexibility index (Phi) is 3.66. The van der Waals surface area contributed by atoms with Gasteiger partial charge in [-0.15, -0.1) is 11.3 Å². The van der Waals surface area contributed by atoms with Gasteiger partial charge in [0.05, 0.1) is 12.2 Å². The highest BCUT2D eigenvalue weighted by molar-refractivity contribution is 7.09. The molecule has 3 aromatic heterocycles. The van der Waals surface area contributed by atoms with E-state index in [9.17, 15) is 4.79 Å². The number of carbonyl (C=O) groups is 1. The predicted octanol–water partition coefficient (Wildman–Crippen LogP) is 2.41. The fourth-order valence-corrected chi connectivity index (χ4v) is 2.88. The van der Waals surface area contributed by atoms with Crippen LogP contribution in [0.3, 0.4) is 0 Å². The van der Waals surface area contributed by atoms with Gasteiger partial charge in [-0.3, -0.25) is 9.20 Å². The first-order valence-electron chi connectivity index (χ1n) is 6.96. The summed E-state index contributed by atoms with van der Waals surface area (Å²) in [5, 5.41) is 5.77. The zero-order valence-electron chi connectivity index (χ0n) is 12.7. The molecule has 0 aliphatic heterocycles. The molecule has 3 rings (SSSR count). The van der Waals surface area contributed by atoms with Crippen LogP contribution in [0, 0.1) is 0 Å². The minimum atomic E-state index is -0.224. The lowest BCUT2D eigenvalue weighted by Crippen LogP contribution is -2.23. The van der Waals surface area contributed by atoms with Crippen molar-refractivity contribution in [3.8, 4) is 0 Å². The number of carbonyl (C=O) groups excluding carboxylic acids is 1. The molecule has 1 N–H and O–H groups in total. The number of hydrogen-bond donors (Lipinski definition) is 1. The van der Waals surface area contributed by atoms with Crippen molar-refractivity contribution in [2.45, 2.75) is 32.7 Å². The third-order valence-corrected chi connectivity index (χ3v) is 4.04. The van der Waals surface area contributed by atoms with Crippen LogP contribution in [-0.4, -0.2) is 25.3 Å². The fourth-order valence-electron chi connectivity index (χ4n) is 1.92. The Bertz CT molecular complexity index is 782. The average Bonchev–Trinajstić information content (AvgIpc) is 3.10. The van der Waals surface area contributed by atoms with Crippen molar-refractivity contribution in [1.82, 2.24) is 24.7 Å². The summed E-state index contributed by atoms with van der Waals surface area (Å²) in [7, 11) is 0. The Hall–Kier alpha value is -2.28. The van der Waals surface area contributed by atoms with Crippen LogP contribution in [-0.2, 0) is 12.0 Å². The quantitative estimate of drug-likeness (QED) is 0.805. The van der Waals surface area contributed by atoms with Gasteiger partial charge in [-0.05, 0) is 6.07 Å². The summed E-state index contributed by atoms with van der Waals surface area (Å²) in [6, 6.07) is 1.79. The molecule has 0 saturated carbocycles. The van der Waals surface area contributed by atoms with Gasteiger partial charge >= 0.3 is 0 Å². The van der Waals surface area contributed by atoms with Gasteiger partial charge < -0.3 is 5.32 Å². The molecule has 7 heteroatoms. The number of amides is 1. The Labute approximate surface area is 132 Å². The van der Waals surface area contributed by atoms with Crippen molar-refractivity contribution >= 4 is 23.0 Å². The second kappa shape index (κ2) is 5.49. The highest BCUT2D eigenvalue weighted by Gasteiger charge is 2.18. The summed E-state index contributed by atoms with van der Waals surface area (Å²) in [4.78, 5) is 25.0. The third-order valence-electron chi connectivity index (χ3n) is 3.19. The molecule has 0 aliphatic rings. The van der Waals surface area contributed by atoms with E-state index in [0.29, 0.717) is 18.0 Å². The third kappa shape index (κ3) is 2.99. The highest BCUT2D eigenvalue weighted by Crippen LogP contribution is 2.23. The van der Waals surface area contributed by atoms with Crippen molar-refractivity contribution in [3.63, 3.8) is 0 Å². The van der Waals surface area contributed by atoms with Crippen LogP contribution in [0.4, 0.5) is 0 Å². The van der Waals surface area contributed by atoms with E-state index in [0.717, 1.165) is 10.7 Å². The van der Waals surface area contributed by atoms with E-state index in [1.807, 2.05) is 11.6 Å². The zero-order chi connectivity index (χ0) is 15.7. The van der Waals surface area contributed by atoms with Gasteiger partial charge in [0.1, 0.15) is 10.7 Å². The van der Waals surface area contributed by atoms with Crippen LogP contribution in [0.1, 0.15) is 42.0 Å². The molecule has 0 saturated heterocycles. The Morgan fingerprint density at radius 1 is 1.36 bits per heavy atom. The largest absolute Gasteiger partial charge is 0.344 e. The number of aromatic nitrogens is 4. The molecule has 3 heterocycles. The lowest BCUT2D eigenvalue weighted by atomic mass is 9.93. The number of nitrogens with zero attached hydrogens (tertiary/aromatic N) is 4. The van der Waals surface area contributed by atoms with E-state index < -0.39 is 0 Å². The zero-order valence-corrected chi connectivity index (χ0v) is 13.5. The first kappa shape index (κ1) is 14.6. The first-order chi connectivity index (χ1) is 10.4. The molecule has 0 unspecified atom stereocenters. The van der Waals surface area contributed by atoms with E-state index >= 15 is 0 Å². The van der Waals surface area contributed by atoms with Gasteiger partial charge in [-0.25, -0.2) is 15.0 Å². The van der Waals surface area contributed by atoms with Gasteiger partial charge in [0.2, 0.25) is 5.78 Å². The fraction of sp³-hybridized carbons (Fsp3) is 0.333. The van der Waals surface area contributed by atoms with Gasteiger partial charge in [-0.1, -0.05) is 20.8 Å². The van der Waals surface area contributed by atoms with E-state index in [4.69, 9.17) is 0 Å². The molecule has 0 atom stereocenters. The maximum Gasteiger partial charge on any atom is 0.271 e. The number of imidazole rings is 1. The summed E-state index contributed by atoms with van der Waals surface area (Å²) in [6.45, 7) is 6.76. The van der Waals surface area contributed by atoms with Crippen molar-refractivity contribution in [2.75, 3.05) is 0 Å². The van der Waals surface area contributed by atoms with Gasteiger partial charge in [0.25, 0.3) is 5.91 Å². The molecule has 6 nitrogen and oxygen atoms in total. The number of thiazole rings is 1. The predicted molar refractivity (Wildman–Crippen MR) is 85.0 cm³/mol. The molecular weight excluding hydrogens is 298 g/mol. The molecule has 0 spiro atoms. The number of nitrogens with one attached hydrogen (secondary N) is 1. The molecular formula is C15H17N5OS. The summed E-state index contributed by atoms with van der Waals surface area (Å²) in [6.07, 6.45) is 5.12. The first-order valence-corrected chi connectivity index (χ1v) is 7.84. The molecule has 0 aromatic carbocycles. The maximum atomic E-state index is 12.2. The number of hydrogen-bond acceptors (Lipinski definition) is 5. The van der Waals surface area contributed by atoms with E-state index in [-0.39, 0.29) is 11.3 Å². The lowest BCUT2D eigenvalue weighted by molar-refractivity contribution is 0.0946. The molecule has 22 heavy (non-hydrogen) atoms. The maximum absolute atomic E-state index is 12.2. The molecule has 0 aliphatic carbocycles. The second-order valence-electron chi connectivity index (χ2n) is 6.01. The van der Waals surface area contributed by atoms with Crippen molar-refractivity contribution in [2.24, 2.45) is 0 Å². The number of fused-ring (bicyclic) bond motifs is 1. The van der Waals surface area contributed by atoms with Crippen molar-refractivity contribution in [1.29, 1.82) is 0 Å². The van der Waals surface area contributed by atoms with E-state index in [1.165, 1.54) is 0 Å². The van der Waals surface area contributed by atoms with Gasteiger partial charge in [0.15, 0.2) is 0 Å². The monoisotopic (exact) mass is 315 g/mol. The normalized spacial score (nSPS) is 11.8. The van der Waals surface area contributed by atoms with Crippen LogP contribution >= 0.6 is 11.3 Å². The average molecular weight is 315 g/mol. The van der Waals surface area contributed by atoms with Crippen molar-refractivity contribution in [3.05, 3.63) is 46.4 Å².